The van der Waals surface area contributed by atoms with Crippen molar-refractivity contribution in [2.45, 2.75) is 19.8 Å². The van der Waals surface area contributed by atoms with Crippen molar-refractivity contribution in [1.82, 2.24) is 5.32 Å². The van der Waals surface area contributed by atoms with Crippen LogP contribution in [0.15, 0.2) is 48.5 Å². The molecular formula is C16H17NO3. The first kappa shape index (κ1) is 14.2. The van der Waals surface area contributed by atoms with Crippen LogP contribution in [0.25, 0.3) is 0 Å². The number of aliphatic hydroxyl groups is 2. The third-order valence-corrected chi connectivity index (χ3v) is 3.06. The molecule has 0 spiro atoms. The predicted octanol–water partition coefficient (Wildman–Crippen LogP) is 1.60. The quantitative estimate of drug-likeness (QED) is 0.773. The van der Waals surface area contributed by atoms with E-state index >= 15 is 0 Å². The van der Waals surface area contributed by atoms with Crippen LogP contribution in [0.3, 0.4) is 0 Å². The number of hydrogen-bond acceptors (Lipinski definition) is 3. The van der Waals surface area contributed by atoms with Gasteiger partial charge in [-0.25, -0.2) is 0 Å². The number of rotatable bonds is 5. The standard InChI is InChI=1S/C16H17NO3/c18-10-13-3-1-12(2-4-13)9-17-16(20)15-7-5-14(11-19)6-8-15/h1-8,18-19H,9-11H2,(H,17,20). The molecule has 0 saturated carbocycles. The van der Waals surface area contributed by atoms with Gasteiger partial charge in [-0.1, -0.05) is 36.4 Å². The molecule has 0 radical (unpaired) electrons. The third kappa shape index (κ3) is 3.66. The second kappa shape index (κ2) is 6.84. The molecule has 0 fully saturated rings. The maximum atomic E-state index is 11.9. The number of hydrogen-bond donors (Lipinski definition) is 3. The highest BCUT2D eigenvalue weighted by molar-refractivity contribution is 5.94. The predicted molar refractivity (Wildman–Crippen MR) is 75.9 cm³/mol. The SMILES string of the molecule is O=C(NCc1ccc(CO)cc1)c1ccc(CO)cc1. The monoisotopic (exact) mass is 271 g/mol. The average Bonchev–Trinajstić information content (AvgIpc) is 2.53. The molecule has 0 aliphatic carbocycles. The van der Waals surface area contributed by atoms with Crippen LogP contribution < -0.4 is 5.32 Å². The van der Waals surface area contributed by atoms with Crippen molar-refractivity contribution in [1.29, 1.82) is 0 Å². The molecule has 4 nitrogen and oxygen atoms in total. The smallest absolute Gasteiger partial charge is 0.251 e. The van der Waals surface area contributed by atoms with Crippen molar-refractivity contribution < 1.29 is 15.0 Å². The van der Waals surface area contributed by atoms with Crippen LogP contribution >= 0.6 is 0 Å². The molecule has 2 aromatic carbocycles. The maximum absolute atomic E-state index is 11.9. The number of nitrogens with one attached hydrogen (secondary N) is 1. The Kier molecular flexibility index (Phi) is 4.87. The Bertz CT molecular complexity index is 561. The first-order valence-corrected chi connectivity index (χ1v) is 6.39. The van der Waals surface area contributed by atoms with Gasteiger partial charge in [0.25, 0.3) is 5.91 Å². The Balaban J connectivity index is 1.93. The van der Waals surface area contributed by atoms with Crippen LogP contribution in [0.5, 0.6) is 0 Å². The summed E-state index contributed by atoms with van der Waals surface area (Å²) in [5.41, 5.74) is 3.16. The topological polar surface area (TPSA) is 69.6 Å². The summed E-state index contributed by atoms with van der Waals surface area (Å²) >= 11 is 0. The van der Waals surface area contributed by atoms with Gasteiger partial charge in [0.15, 0.2) is 0 Å². The Morgan fingerprint density at radius 1 is 0.800 bits per heavy atom. The van der Waals surface area contributed by atoms with E-state index in [-0.39, 0.29) is 19.1 Å². The summed E-state index contributed by atoms with van der Waals surface area (Å²) in [6.45, 7) is 0.426. The summed E-state index contributed by atoms with van der Waals surface area (Å²) in [4.78, 5) is 11.9. The molecule has 0 heterocycles. The van der Waals surface area contributed by atoms with Crippen LogP contribution in [0.1, 0.15) is 27.0 Å². The van der Waals surface area contributed by atoms with Gasteiger partial charge in [-0.05, 0) is 28.8 Å². The van der Waals surface area contributed by atoms with Gasteiger partial charge in [0.2, 0.25) is 0 Å². The second-order valence-electron chi connectivity index (χ2n) is 4.51. The number of carbonyl (C=O) groups excluding carboxylic acids is 1. The van der Waals surface area contributed by atoms with Gasteiger partial charge in [0.05, 0.1) is 13.2 Å². The number of amides is 1. The van der Waals surface area contributed by atoms with Gasteiger partial charge in [0.1, 0.15) is 0 Å². The first-order valence-electron chi connectivity index (χ1n) is 6.39. The van der Waals surface area contributed by atoms with Gasteiger partial charge in [-0.3, -0.25) is 4.79 Å². The van der Waals surface area contributed by atoms with E-state index < -0.39 is 0 Å². The first-order chi connectivity index (χ1) is 9.72. The van der Waals surface area contributed by atoms with E-state index in [1.165, 1.54) is 0 Å². The molecule has 2 rings (SSSR count). The van der Waals surface area contributed by atoms with E-state index in [1.807, 2.05) is 24.3 Å². The van der Waals surface area contributed by atoms with Crippen molar-refractivity contribution in [3.63, 3.8) is 0 Å². The lowest BCUT2D eigenvalue weighted by atomic mass is 10.1. The van der Waals surface area contributed by atoms with Gasteiger partial charge >= 0.3 is 0 Å². The minimum Gasteiger partial charge on any atom is -0.392 e. The Labute approximate surface area is 117 Å². The summed E-state index contributed by atoms with van der Waals surface area (Å²) in [6.07, 6.45) is 0. The summed E-state index contributed by atoms with van der Waals surface area (Å²) in [7, 11) is 0. The minimum atomic E-state index is -0.152. The molecule has 20 heavy (non-hydrogen) atoms. The molecule has 0 unspecified atom stereocenters. The summed E-state index contributed by atoms with van der Waals surface area (Å²) in [5, 5.41) is 20.7. The van der Waals surface area contributed by atoms with E-state index in [2.05, 4.69) is 5.32 Å². The molecule has 1 amide bonds. The Hall–Kier alpha value is -2.17. The van der Waals surface area contributed by atoms with Gasteiger partial charge < -0.3 is 15.5 Å². The fourth-order valence-electron chi connectivity index (χ4n) is 1.81. The Morgan fingerprint density at radius 3 is 1.75 bits per heavy atom. The van der Waals surface area contributed by atoms with E-state index in [4.69, 9.17) is 10.2 Å². The summed E-state index contributed by atoms with van der Waals surface area (Å²) in [5.74, 6) is -0.152. The zero-order valence-electron chi connectivity index (χ0n) is 11.0. The van der Waals surface area contributed by atoms with E-state index in [0.717, 1.165) is 16.7 Å². The van der Waals surface area contributed by atoms with Gasteiger partial charge in [-0.2, -0.15) is 0 Å². The van der Waals surface area contributed by atoms with Crippen LogP contribution in [-0.4, -0.2) is 16.1 Å². The van der Waals surface area contributed by atoms with Crippen molar-refractivity contribution in [3.05, 3.63) is 70.8 Å². The lowest BCUT2D eigenvalue weighted by Crippen LogP contribution is -2.22. The maximum Gasteiger partial charge on any atom is 0.251 e. The van der Waals surface area contributed by atoms with Gasteiger partial charge in [-0.15, -0.1) is 0 Å². The van der Waals surface area contributed by atoms with Crippen molar-refractivity contribution >= 4 is 5.91 Å². The molecule has 0 saturated heterocycles. The van der Waals surface area contributed by atoms with Crippen LogP contribution in [-0.2, 0) is 19.8 Å². The molecule has 3 N–H and O–H groups in total. The van der Waals surface area contributed by atoms with E-state index in [0.29, 0.717) is 12.1 Å². The number of carbonyl (C=O) groups is 1. The normalized spacial score (nSPS) is 10.3. The van der Waals surface area contributed by atoms with E-state index in [9.17, 15) is 4.79 Å². The highest BCUT2D eigenvalue weighted by atomic mass is 16.3. The zero-order chi connectivity index (χ0) is 14.4. The molecule has 104 valence electrons. The van der Waals surface area contributed by atoms with Crippen LogP contribution in [0.4, 0.5) is 0 Å². The lowest BCUT2D eigenvalue weighted by Gasteiger charge is -2.06. The zero-order valence-corrected chi connectivity index (χ0v) is 11.0. The third-order valence-electron chi connectivity index (χ3n) is 3.06. The Morgan fingerprint density at radius 2 is 1.25 bits per heavy atom. The van der Waals surface area contributed by atoms with Gasteiger partial charge in [0, 0.05) is 12.1 Å². The van der Waals surface area contributed by atoms with Crippen molar-refractivity contribution in [3.8, 4) is 0 Å². The number of aliphatic hydroxyl groups excluding tert-OH is 2. The molecule has 0 bridgehead atoms. The molecular weight excluding hydrogens is 254 g/mol. The molecule has 0 aliphatic rings. The van der Waals surface area contributed by atoms with E-state index in [1.54, 1.807) is 24.3 Å². The molecule has 0 aliphatic heterocycles. The largest absolute Gasteiger partial charge is 0.392 e. The summed E-state index contributed by atoms with van der Waals surface area (Å²) in [6, 6.07) is 14.2. The highest BCUT2D eigenvalue weighted by Gasteiger charge is 2.05. The summed E-state index contributed by atoms with van der Waals surface area (Å²) < 4.78 is 0. The molecule has 0 atom stereocenters. The second-order valence-corrected chi connectivity index (χ2v) is 4.51. The lowest BCUT2D eigenvalue weighted by molar-refractivity contribution is 0.0951. The molecule has 0 aromatic heterocycles. The van der Waals surface area contributed by atoms with Crippen molar-refractivity contribution in [2.24, 2.45) is 0 Å². The highest BCUT2D eigenvalue weighted by Crippen LogP contribution is 2.06. The average molecular weight is 271 g/mol. The fourth-order valence-corrected chi connectivity index (χ4v) is 1.81. The minimum absolute atomic E-state index is 0.0177. The fraction of sp³-hybridized carbons (Fsp3) is 0.188. The van der Waals surface area contributed by atoms with Crippen molar-refractivity contribution in [2.75, 3.05) is 0 Å². The van der Waals surface area contributed by atoms with Crippen LogP contribution in [0, 0.1) is 0 Å². The van der Waals surface area contributed by atoms with Crippen LogP contribution in [0.2, 0.25) is 0 Å². The molecule has 4 heteroatoms. The molecule has 2 aromatic rings. The number of benzene rings is 2.